The van der Waals surface area contributed by atoms with Crippen LogP contribution in [0.2, 0.25) is 0 Å². The van der Waals surface area contributed by atoms with E-state index in [0.717, 1.165) is 34.1 Å². The molecule has 2 aliphatic carbocycles. The number of nitrogens with zero attached hydrogens (tertiary/aromatic N) is 3. The molecule has 0 saturated heterocycles. The molecule has 9 heteroatoms. The Morgan fingerprint density at radius 3 is 2.68 bits per heavy atom. The predicted molar refractivity (Wildman–Crippen MR) is 98.8 cm³/mol. The Balaban J connectivity index is 1.34. The van der Waals surface area contributed by atoms with Gasteiger partial charge in [-0.1, -0.05) is 0 Å². The Hall–Kier alpha value is -1.84. The Labute approximate surface area is 162 Å². The molecule has 2 N–H and O–H groups in total. The fourth-order valence-electron chi connectivity index (χ4n) is 5.22. The summed E-state index contributed by atoms with van der Waals surface area (Å²) in [5.74, 6) is -0.318. The summed E-state index contributed by atoms with van der Waals surface area (Å²) in [7, 11) is -3.38. The largest absolute Gasteiger partial charge is 0.327 e. The highest BCUT2D eigenvalue weighted by molar-refractivity contribution is 7.89. The maximum Gasteiger partial charge on any atom is 0.250 e. The highest BCUT2D eigenvalue weighted by atomic mass is 32.2. The smallest absolute Gasteiger partial charge is 0.250 e. The highest BCUT2D eigenvalue weighted by Gasteiger charge is 2.56. The van der Waals surface area contributed by atoms with E-state index in [-0.39, 0.29) is 29.7 Å². The summed E-state index contributed by atoms with van der Waals surface area (Å²) in [6, 6.07) is 3.62. The maximum atomic E-state index is 14.3. The van der Waals surface area contributed by atoms with Crippen LogP contribution in [-0.4, -0.2) is 40.8 Å². The van der Waals surface area contributed by atoms with E-state index in [2.05, 4.69) is 10.00 Å². The first-order valence-corrected chi connectivity index (χ1v) is 11.3. The molecule has 0 amide bonds. The van der Waals surface area contributed by atoms with E-state index in [9.17, 15) is 17.2 Å². The lowest BCUT2D eigenvalue weighted by atomic mass is 9.77. The van der Waals surface area contributed by atoms with Gasteiger partial charge in [0.25, 0.3) is 10.0 Å². The van der Waals surface area contributed by atoms with E-state index in [4.69, 9.17) is 5.73 Å². The lowest BCUT2D eigenvalue weighted by Crippen LogP contribution is -2.45. The van der Waals surface area contributed by atoms with Crippen LogP contribution in [0.3, 0.4) is 0 Å². The summed E-state index contributed by atoms with van der Waals surface area (Å²) in [5, 5.41) is 4.21. The third kappa shape index (κ3) is 2.87. The van der Waals surface area contributed by atoms with Gasteiger partial charge in [-0.25, -0.2) is 17.2 Å². The summed E-state index contributed by atoms with van der Waals surface area (Å²) in [4.78, 5) is 2.30. The van der Waals surface area contributed by atoms with Crippen molar-refractivity contribution < 1.29 is 17.2 Å². The van der Waals surface area contributed by atoms with Crippen LogP contribution in [0.4, 0.5) is 8.78 Å². The average Bonchev–Trinajstić information content (AvgIpc) is 3.11. The lowest BCUT2D eigenvalue weighted by Gasteiger charge is -2.38. The molecule has 1 aromatic carbocycles. The molecule has 2 saturated carbocycles. The molecular weight excluding hydrogens is 386 g/mol. The molecule has 28 heavy (non-hydrogen) atoms. The Morgan fingerprint density at radius 2 is 1.96 bits per heavy atom. The van der Waals surface area contributed by atoms with E-state index in [1.54, 1.807) is 6.20 Å². The quantitative estimate of drug-likeness (QED) is 0.838. The number of rotatable bonds is 3. The molecule has 2 aromatic rings. The first-order valence-electron chi connectivity index (χ1n) is 9.45. The van der Waals surface area contributed by atoms with Crippen LogP contribution in [0.15, 0.2) is 24.4 Å². The first-order chi connectivity index (χ1) is 13.2. The van der Waals surface area contributed by atoms with Gasteiger partial charge in [-0.3, -0.25) is 4.90 Å². The molecule has 0 bridgehead atoms. The number of benzene rings is 1. The Bertz CT molecular complexity index is 1030. The Kier molecular flexibility index (Phi) is 3.95. The fraction of sp³-hybridized carbons (Fsp3) is 0.526. The van der Waals surface area contributed by atoms with Crippen LogP contribution in [0.5, 0.6) is 0 Å². The maximum absolute atomic E-state index is 14.3. The van der Waals surface area contributed by atoms with Gasteiger partial charge >= 0.3 is 0 Å². The lowest BCUT2D eigenvalue weighted by molar-refractivity contribution is 0.125. The van der Waals surface area contributed by atoms with Gasteiger partial charge in [-0.2, -0.15) is 9.19 Å². The van der Waals surface area contributed by atoms with Crippen LogP contribution in [0.25, 0.3) is 0 Å². The number of hydrogen-bond donors (Lipinski definition) is 1. The Morgan fingerprint density at radius 1 is 1.18 bits per heavy atom. The van der Waals surface area contributed by atoms with E-state index < -0.39 is 15.8 Å². The zero-order valence-corrected chi connectivity index (χ0v) is 16.2. The van der Waals surface area contributed by atoms with Crippen molar-refractivity contribution in [3.8, 4) is 0 Å². The SMILES string of the molecule is CS(=O)(=O)n1cc2c(n1)CN(C1C[C@H](N)[C@@H](c3cc(F)ccc3F)[C@@H]3C[C@H]13)C2. The molecular formula is C19H22F2N4O2S. The van der Waals surface area contributed by atoms with Gasteiger partial charge in [0.05, 0.1) is 11.9 Å². The number of hydrogen-bond acceptors (Lipinski definition) is 5. The van der Waals surface area contributed by atoms with Crippen molar-refractivity contribution in [2.24, 2.45) is 17.6 Å². The highest BCUT2D eigenvalue weighted by Crippen LogP contribution is 2.58. The second-order valence-electron chi connectivity index (χ2n) is 8.36. The van der Waals surface area contributed by atoms with E-state index in [1.165, 1.54) is 12.1 Å². The molecule has 150 valence electrons. The molecule has 6 nitrogen and oxygen atoms in total. The minimum Gasteiger partial charge on any atom is -0.327 e. The van der Waals surface area contributed by atoms with Crippen molar-refractivity contribution in [1.82, 2.24) is 14.1 Å². The number of aromatic nitrogens is 2. The average molecular weight is 408 g/mol. The normalized spacial score (nSPS) is 32.2. The molecule has 1 unspecified atom stereocenters. The van der Waals surface area contributed by atoms with Gasteiger partial charge in [0.2, 0.25) is 0 Å². The third-order valence-electron chi connectivity index (χ3n) is 6.53. The molecule has 5 rings (SSSR count). The third-order valence-corrected chi connectivity index (χ3v) is 7.40. The van der Waals surface area contributed by atoms with Crippen molar-refractivity contribution in [3.05, 3.63) is 52.9 Å². The molecule has 0 radical (unpaired) electrons. The van der Waals surface area contributed by atoms with Gasteiger partial charge in [0.1, 0.15) is 11.6 Å². The van der Waals surface area contributed by atoms with E-state index >= 15 is 0 Å². The van der Waals surface area contributed by atoms with Crippen LogP contribution < -0.4 is 5.73 Å². The van der Waals surface area contributed by atoms with Gasteiger partial charge in [-0.05, 0) is 48.4 Å². The van der Waals surface area contributed by atoms with Crippen LogP contribution >= 0.6 is 0 Å². The molecule has 2 heterocycles. The second-order valence-corrected chi connectivity index (χ2v) is 10.2. The first kappa shape index (κ1) is 18.2. The van der Waals surface area contributed by atoms with Gasteiger partial charge in [-0.15, -0.1) is 0 Å². The van der Waals surface area contributed by atoms with Crippen molar-refractivity contribution in [2.45, 2.75) is 43.9 Å². The summed E-state index contributed by atoms with van der Waals surface area (Å²) in [5.41, 5.74) is 8.56. The predicted octanol–water partition coefficient (Wildman–Crippen LogP) is 1.80. The van der Waals surface area contributed by atoms with Crippen LogP contribution in [0.1, 0.15) is 35.6 Å². The van der Waals surface area contributed by atoms with E-state index in [1.807, 2.05) is 0 Å². The van der Waals surface area contributed by atoms with E-state index in [0.29, 0.717) is 31.0 Å². The van der Waals surface area contributed by atoms with Crippen LogP contribution in [0, 0.1) is 23.5 Å². The minimum atomic E-state index is -3.38. The van der Waals surface area contributed by atoms with Crippen molar-refractivity contribution in [3.63, 3.8) is 0 Å². The summed E-state index contributed by atoms with van der Waals surface area (Å²) < 4.78 is 52.3. The van der Waals surface area contributed by atoms with Crippen molar-refractivity contribution >= 4 is 10.0 Å². The van der Waals surface area contributed by atoms with Crippen molar-refractivity contribution in [1.29, 1.82) is 0 Å². The van der Waals surface area contributed by atoms with Gasteiger partial charge in [0.15, 0.2) is 0 Å². The second kappa shape index (κ2) is 6.08. The summed E-state index contributed by atoms with van der Waals surface area (Å²) >= 11 is 0. The number of halogens is 2. The number of fused-ring (bicyclic) bond motifs is 2. The van der Waals surface area contributed by atoms with Gasteiger partial charge in [0, 0.05) is 42.9 Å². The molecule has 3 aliphatic rings. The molecule has 1 aliphatic heterocycles. The summed E-state index contributed by atoms with van der Waals surface area (Å²) in [6.45, 7) is 1.24. The number of nitrogens with two attached hydrogens (primary N) is 1. The zero-order valence-electron chi connectivity index (χ0n) is 15.4. The molecule has 2 fully saturated rings. The molecule has 5 atom stereocenters. The monoisotopic (exact) mass is 408 g/mol. The zero-order chi connectivity index (χ0) is 19.8. The van der Waals surface area contributed by atoms with Gasteiger partial charge < -0.3 is 5.73 Å². The fourth-order valence-corrected chi connectivity index (χ4v) is 5.78. The summed E-state index contributed by atoms with van der Waals surface area (Å²) in [6.07, 6.45) is 4.38. The molecule has 0 spiro atoms. The standard InChI is InChI=1S/C19H22F2N4O2S/c1-28(26,27)25-8-10-7-24(9-17(10)23-25)18-6-16(22)19(13-5-12(13)18)14-4-11(20)2-3-15(14)21/h2-4,8,12-13,16,18-19H,5-7,9,22H2,1H3/t12-,13+,16-,18?,19+/m0/s1. The van der Waals surface area contributed by atoms with Crippen molar-refractivity contribution in [2.75, 3.05) is 6.26 Å². The molecule has 1 aromatic heterocycles. The minimum absolute atomic E-state index is 0.156. The van der Waals surface area contributed by atoms with Crippen LogP contribution in [-0.2, 0) is 23.1 Å². The topological polar surface area (TPSA) is 81.2 Å².